The molecule has 1 unspecified atom stereocenters. The third kappa shape index (κ3) is 5.45. The second kappa shape index (κ2) is 8.99. The van der Waals surface area contributed by atoms with Gasteiger partial charge in [-0.2, -0.15) is 0 Å². The lowest BCUT2D eigenvalue weighted by Gasteiger charge is -2.20. The molecule has 1 rings (SSSR count). The Kier molecular flexibility index (Phi) is 7.34. The molecule has 7 heteroatoms. The molecule has 7 nitrogen and oxygen atoms in total. The van der Waals surface area contributed by atoms with Crippen molar-refractivity contribution in [3.8, 4) is 11.5 Å². The fourth-order valence-electron chi connectivity index (χ4n) is 2.10. The zero-order valence-corrected chi connectivity index (χ0v) is 14.4. The van der Waals surface area contributed by atoms with Crippen molar-refractivity contribution in [3.05, 3.63) is 23.8 Å². The molecule has 0 spiro atoms. The molecule has 0 aliphatic carbocycles. The molecular formula is C16H26N3O4+. The van der Waals surface area contributed by atoms with Gasteiger partial charge in [0.15, 0.2) is 17.5 Å². The minimum absolute atomic E-state index is 0.297. The van der Waals surface area contributed by atoms with E-state index in [0.717, 1.165) is 23.4 Å². The summed E-state index contributed by atoms with van der Waals surface area (Å²) in [5, 5.41) is 4.66. The number of likely N-dealkylation sites (N-methyl/N-ethyl adjacent to an activating group) is 1. The predicted molar refractivity (Wildman–Crippen MR) is 87.1 cm³/mol. The maximum Gasteiger partial charge on any atom is 0.321 e. The fourth-order valence-corrected chi connectivity index (χ4v) is 2.10. The van der Waals surface area contributed by atoms with E-state index in [4.69, 9.17) is 9.47 Å². The highest BCUT2D eigenvalue weighted by Gasteiger charge is 2.23. The van der Waals surface area contributed by atoms with Crippen molar-refractivity contribution in [2.75, 3.05) is 34.9 Å². The van der Waals surface area contributed by atoms with Gasteiger partial charge in [-0.1, -0.05) is 6.07 Å². The molecule has 3 N–H and O–H groups in total. The molecule has 0 fully saturated rings. The van der Waals surface area contributed by atoms with Crippen LogP contribution in [0.2, 0.25) is 0 Å². The maximum absolute atomic E-state index is 11.9. The fraction of sp³-hybridized carbons (Fsp3) is 0.500. The SMILES string of the molecule is CNC(=O)NC(=O)[C@H](C)[NH+](C)CCc1ccc(OC)c(OC)c1. The van der Waals surface area contributed by atoms with E-state index in [1.807, 2.05) is 25.2 Å². The molecule has 3 amide bonds. The summed E-state index contributed by atoms with van der Waals surface area (Å²) in [6.45, 7) is 2.54. The van der Waals surface area contributed by atoms with Crippen LogP contribution in [-0.2, 0) is 11.2 Å². The smallest absolute Gasteiger partial charge is 0.321 e. The number of benzene rings is 1. The number of hydrogen-bond acceptors (Lipinski definition) is 4. The van der Waals surface area contributed by atoms with Crippen LogP contribution in [0.25, 0.3) is 0 Å². The first kappa shape index (κ1) is 18.8. The Balaban J connectivity index is 2.60. The summed E-state index contributed by atoms with van der Waals surface area (Å²) >= 11 is 0. The van der Waals surface area contributed by atoms with E-state index in [1.54, 1.807) is 21.1 Å². The Morgan fingerprint density at radius 3 is 2.43 bits per heavy atom. The molecule has 23 heavy (non-hydrogen) atoms. The number of nitrogens with one attached hydrogen (secondary N) is 3. The predicted octanol–water partition coefficient (Wildman–Crippen LogP) is -0.395. The lowest BCUT2D eigenvalue weighted by molar-refractivity contribution is -0.894. The van der Waals surface area contributed by atoms with Crippen molar-refractivity contribution in [1.82, 2.24) is 10.6 Å². The van der Waals surface area contributed by atoms with Crippen LogP contribution < -0.4 is 25.0 Å². The van der Waals surface area contributed by atoms with E-state index in [2.05, 4.69) is 10.6 Å². The van der Waals surface area contributed by atoms with Crippen LogP contribution in [-0.4, -0.2) is 52.8 Å². The topological polar surface area (TPSA) is 81.1 Å². The van der Waals surface area contributed by atoms with Crippen molar-refractivity contribution < 1.29 is 24.0 Å². The number of methoxy groups -OCH3 is 2. The zero-order chi connectivity index (χ0) is 17.4. The highest BCUT2D eigenvalue weighted by Crippen LogP contribution is 2.27. The molecule has 0 aliphatic rings. The molecule has 1 aromatic carbocycles. The third-order valence-corrected chi connectivity index (χ3v) is 3.85. The number of carbonyl (C=O) groups excluding carboxylic acids is 2. The molecule has 0 aliphatic heterocycles. The normalized spacial score (nSPS) is 12.9. The summed E-state index contributed by atoms with van der Waals surface area (Å²) in [4.78, 5) is 24.1. The van der Waals surface area contributed by atoms with Crippen molar-refractivity contribution in [2.45, 2.75) is 19.4 Å². The summed E-state index contributed by atoms with van der Waals surface area (Å²) < 4.78 is 10.5. The van der Waals surface area contributed by atoms with Crippen LogP contribution in [0.5, 0.6) is 11.5 Å². The summed E-state index contributed by atoms with van der Waals surface area (Å²) in [5.74, 6) is 1.08. The minimum atomic E-state index is -0.491. The van der Waals surface area contributed by atoms with Crippen LogP contribution >= 0.6 is 0 Å². The number of amides is 3. The number of urea groups is 1. The summed E-state index contributed by atoms with van der Waals surface area (Å²) in [6, 6.07) is 4.96. The average Bonchev–Trinajstić information content (AvgIpc) is 2.58. The highest BCUT2D eigenvalue weighted by atomic mass is 16.5. The van der Waals surface area contributed by atoms with Crippen LogP contribution in [0.15, 0.2) is 18.2 Å². The number of quaternary nitrogens is 1. The Bertz CT molecular complexity index is 548. The Labute approximate surface area is 136 Å². The van der Waals surface area contributed by atoms with Crippen molar-refractivity contribution in [2.24, 2.45) is 0 Å². The summed E-state index contributed by atoms with van der Waals surface area (Å²) in [6.07, 6.45) is 0.782. The van der Waals surface area contributed by atoms with E-state index < -0.39 is 6.03 Å². The van der Waals surface area contributed by atoms with Crippen LogP contribution in [0, 0.1) is 0 Å². The van der Waals surface area contributed by atoms with Crippen LogP contribution in [0.3, 0.4) is 0 Å². The first-order valence-electron chi connectivity index (χ1n) is 7.48. The van der Waals surface area contributed by atoms with Gasteiger partial charge in [0.1, 0.15) is 0 Å². The van der Waals surface area contributed by atoms with Crippen molar-refractivity contribution in [3.63, 3.8) is 0 Å². The van der Waals surface area contributed by atoms with E-state index in [1.165, 1.54) is 7.05 Å². The first-order valence-corrected chi connectivity index (χ1v) is 7.48. The third-order valence-electron chi connectivity index (χ3n) is 3.85. The van der Waals surface area contributed by atoms with Crippen LogP contribution in [0.1, 0.15) is 12.5 Å². The van der Waals surface area contributed by atoms with Gasteiger partial charge in [0.25, 0.3) is 5.91 Å². The molecule has 0 bridgehead atoms. The molecule has 0 aromatic heterocycles. The average molecular weight is 324 g/mol. The van der Waals surface area contributed by atoms with Gasteiger partial charge >= 0.3 is 6.03 Å². The summed E-state index contributed by atoms with van der Waals surface area (Å²) in [5.41, 5.74) is 1.10. The lowest BCUT2D eigenvalue weighted by Crippen LogP contribution is -3.14. The van der Waals surface area contributed by atoms with E-state index >= 15 is 0 Å². The van der Waals surface area contributed by atoms with E-state index in [9.17, 15) is 9.59 Å². The first-order chi connectivity index (χ1) is 10.9. The van der Waals surface area contributed by atoms with Gasteiger partial charge in [-0.15, -0.1) is 0 Å². The standard InChI is InChI=1S/C16H25N3O4/c1-11(15(20)18-16(21)17-2)19(3)9-8-12-6-7-13(22-4)14(10-12)23-5/h6-7,10-11H,8-9H2,1-5H3,(H2,17,18,20,21)/p+1/t11-/m0/s1. The van der Waals surface area contributed by atoms with Crippen molar-refractivity contribution >= 4 is 11.9 Å². The maximum atomic E-state index is 11.9. The van der Waals surface area contributed by atoms with Gasteiger partial charge in [0.05, 0.1) is 27.8 Å². The van der Waals surface area contributed by atoms with Crippen LogP contribution in [0.4, 0.5) is 4.79 Å². The Morgan fingerprint density at radius 1 is 1.22 bits per heavy atom. The lowest BCUT2D eigenvalue weighted by atomic mass is 10.1. The van der Waals surface area contributed by atoms with E-state index in [-0.39, 0.29) is 11.9 Å². The molecule has 0 heterocycles. The quantitative estimate of drug-likeness (QED) is 0.638. The molecular weight excluding hydrogens is 298 g/mol. The van der Waals surface area contributed by atoms with Gasteiger partial charge < -0.3 is 19.7 Å². The number of carbonyl (C=O) groups is 2. The van der Waals surface area contributed by atoms with Gasteiger partial charge in [0.2, 0.25) is 0 Å². The molecule has 1 aromatic rings. The summed E-state index contributed by atoms with van der Waals surface area (Å²) in [7, 11) is 6.60. The zero-order valence-electron chi connectivity index (χ0n) is 14.4. The monoisotopic (exact) mass is 324 g/mol. The highest BCUT2D eigenvalue weighted by molar-refractivity contribution is 5.96. The molecule has 0 saturated heterocycles. The van der Waals surface area contributed by atoms with E-state index in [0.29, 0.717) is 11.5 Å². The molecule has 0 radical (unpaired) electrons. The number of imide groups is 1. The Morgan fingerprint density at radius 2 is 1.87 bits per heavy atom. The van der Waals surface area contributed by atoms with Gasteiger partial charge in [-0.25, -0.2) is 4.79 Å². The molecule has 2 atom stereocenters. The van der Waals surface area contributed by atoms with Crippen molar-refractivity contribution in [1.29, 1.82) is 0 Å². The minimum Gasteiger partial charge on any atom is -0.493 e. The second-order valence-electron chi connectivity index (χ2n) is 5.33. The number of rotatable bonds is 7. The number of ether oxygens (including phenoxy) is 2. The number of hydrogen-bond donors (Lipinski definition) is 3. The van der Waals surface area contributed by atoms with Gasteiger partial charge in [-0.05, 0) is 24.6 Å². The largest absolute Gasteiger partial charge is 0.493 e. The Hall–Kier alpha value is -2.28. The molecule has 128 valence electrons. The second-order valence-corrected chi connectivity index (χ2v) is 5.33. The van der Waals surface area contributed by atoms with Gasteiger partial charge in [-0.3, -0.25) is 10.1 Å². The molecule has 0 saturated carbocycles. The van der Waals surface area contributed by atoms with Gasteiger partial charge in [0, 0.05) is 13.5 Å².